The molecule has 0 fully saturated rings. The molecular formula is C14H11NO. The van der Waals surface area contributed by atoms with Crippen molar-refractivity contribution in [2.45, 2.75) is 0 Å². The van der Waals surface area contributed by atoms with Crippen molar-refractivity contribution in [2.24, 2.45) is 0 Å². The van der Waals surface area contributed by atoms with Gasteiger partial charge in [-0.1, -0.05) is 42.3 Å². The molecule has 1 aromatic carbocycles. The summed E-state index contributed by atoms with van der Waals surface area (Å²) in [5.41, 5.74) is 2.88. The zero-order valence-electron chi connectivity index (χ0n) is 8.72. The molecule has 0 aliphatic carbocycles. The van der Waals surface area contributed by atoms with Gasteiger partial charge in [-0.05, 0) is 17.6 Å². The van der Waals surface area contributed by atoms with Crippen molar-refractivity contribution in [2.75, 3.05) is 6.61 Å². The van der Waals surface area contributed by atoms with Gasteiger partial charge in [0.2, 0.25) is 0 Å². The Kier molecular flexibility index (Phi) is 3.32. The highest BCUT2D eigenvalue weighted by molar-refractivity contribution is 5.62. The Labute approximate surface area is 94.6 Å². The van der Waals surface area contributed by atoms with Crippen LogP contribution in [0.25, 0.3) is 11.1 Å². The second-order valence-electron chi connectivity index (χ2n) is 3.26. The number of benzene rings is 1. The van der Waals surface area contributed by atoms with Gasteiger partial charge in [-0.3, -0.25) is 0 Å². The van der Waals surface area contributed by atoms with E-state index in [1.807, 2.05) is 42.5 Å². The van der Waals surface area contributed by atoms with Crippen molar-refractivity contribution in [3.05, 3.63) is 54.4 Å². The Balaban J connectivity index is 2.26. The average Bonchev–Trinajstić information content (AvgIpc) is 2.38. The van der Waals surface area contributed by atoms with Crippen LogP contribution in [0.4, 0.5) is 0 Å². The molecular weight excluding hydrogens is 198 g/mol. The van der Waals surface area contributed by atoms with Gasteiger partial charge in [-0.25, -0.2) is 4.98 Å². The summed E-state index contributed by atoms with van der Waals surface area (Å²) in [6.45, 7) is -0.137. The summed E-state index contributed by atoms with van der Waals surface area (Å²) in [5, 5.41) is 8.56. The lowest BCUT2D eigenvalue weighted by molar-refractivity contribution is 0.350. The number of aliphatic hydroxyl groups is 1. The first-order valence-electron chi connectivity index (χ1n) is 5.01. The van der Waals surface area contributed by atoms with E-state index in [1.165, 1.54) is 0 Å². The second kappa shape index (κ2) is 5.11. The van der Waals surface area contributed by atoms with Crippen LogP contribution in [0, 0.1) is 11.8 Å². The van der Waals surface area contributed by atoms with Crippen LogP contribution in [0.1, 0.15) is 5.69 Å². The van der Waals surface area contributed by atoms with Crippen LogP contribution in [0.5, 0.6) is 0 Å². The van der Waals surface area contributed by atoms with Crippen LogP contribution in [-0.2, 0) is 0 Å². The van der Waals surface area contributed by atoms with Crippen molar-refractivity contribution in [3.63, 3.8) is 0 Å². The van der Waals surface area contributed by atoms with Crippen molar-refractivity contribution >= 4 is 0 Å². The summed E-state index contributed by atoms with van der Waals surface area (Å²) >= 11 is 0. The molecule has 2 heteroatoms. The van der Waals surface area contributed by atoms with E-state index in [2.05, 4.69) is 16.8 Å². The minimum Gasteiger partial charge on any atom is -0.384 e. The molecule has 0 spiro atoms. The number of aromatic nitrogens is 1. The minimum atomic E-state index is -0.137. The standard InChI is InChI=1S/C14H11NO/c16-10-4-7-14-9-8-13(11-15-14)12-5-2-1-3-6-12/h1-3,5-6,8-9,11,16H,10H2. The first-order valence-corrected chi connectivity index (χ1v) is 5.01. The summed E-state index contributed by atoms with van der Waals surface area (Å²) in [4.78, 5) is 4.21. The zero-order valence-corrected chi connectivity index (χ0v) is 8.72. The van der Waals surface area contributed by atoms with Crippen molar-refractivity contribution in [1.82, 2.24) is 4.98 Å². The van der Waals surface area contributed by atoms with Crippen LogP contribution >= 0.6 is 0 Å². The van der Waals surface area contributed by atoms with Crippen LogP contribution in [0.2, 0.25) is 0 Å². The number of rotatable bonds is 1. The van der Waals surface area contributed by atoms with Crippen LogP contribution in [0.3, 0.4) is 0 Å². The molecule has 0 unspecified atom stereocenters. The highest BCUT2D eigenvalue weighted by Gasteiger charge is 1.96. The SMILES string of the molecule is OCC#Cc1ccc(-c2ccccc2)cn1. The summed E-state index contributed by atoms with van der Waals surface area (Å²) < 4.78 is 0. The van der Waals surface area contributed by atoms with E-state index in [1.54, 1.807) is 6.20 Å². The maximum Gasteiger partial charge on any atom is 0.113 e. The van der Waals surface area contributed by atoms with Gasteiger partial charge in [0, 0.05) is 11.8 Å². The fourth-order valence-corrected chi connectivity index (χ4v) is 1.40. The molecule has 0 atom stereocenters. The van der Waals surface area contributed by atoms with E-state index in [9.17, 15) is 0 Å². The number of aliphatic hydroxyl groups excluding tert-OH is 1. The molecule has 0 amide bonds. The van der Waals surface area contributed by atoms with Crippen LogP contribution in [-0.4, -0.2) is 16.7 Å². The van der Waals surface area contributed by atoms with Crippen molar-refractivity contribution in [3.8, 4) is 23.0 Å². The molecule has 0 aliphatic rings. The van der Waals surface area contributed by atoms with Crippen molar-refractivity contribution < 1.29 is 5.11 Å². The van der Waals surface area contributed by atoms with Gasteiger partial charge in [0.25, 0.3) is 0 Å². The van der Waals surface area contributed by atoms with Gasteiger partial charge >= 0.3 is 0 Å². The predicted octanol–water partition coefficient (Wildman–Crippen LogP) is 2.09. The Morgan fingerprint density at radius 1 is 1.00 bits per heavy atom. The fourth-order valence-electron chi connectivity index (χ4n) is 1.40. The van der Waals surface area contributed by atoms with Crippen LogP contribution in [0.15, 0.2) is 48.7 Å². The van der Waals surface area contributed by atoms with Crippen molar-refractivity contribution in [1.29, 1.82) is 0 Å². The summed E-state index contributed by atoms with van der Waals surface area (Å²) in [6, 6.07) is 13.9. The maximum atomic E-state index is 8.56. The first-order chi connectivity index (χ1) is 7.90. The zero-order chi connectivity index (χ0) is 11.2. The molecule has 1 heterocycles. The molecule has 16 heavy (non-hydrogen) atoms. The third kappa shape index (κ3) is 2.47. The number of nitrogens with zero attached hydrogens (tertiary/aromatic N) is 1. The van der Waals surface area contributed by atoms with Gasteiger partial charge < -0.3 is 5.11 Å². The van der Waals surface area contributed by atoms with E-state index in [4.69, 9.17) is 5.11 Å². The van der Waals surface area contributed by atoms with Gasteiger partial charge in [0.05, 0.1) is 0 Å². The molecule has 2 aromatic rings. The molecule has 2 rings (SSSR count). The predicted molar refractivity (Wildman–Crippen MR) is 63.6 cm³/mol. The quantitative estimate of drug-likeness (QED) is 0.729. The van der Waals surface area contributed by atoms with Gasteiger partial charge in [0.15, 0.2) is 0 Å². The lowest BCUT2D eigenvalue weighted by Crippen LogP contribution is -1.84. The normalized spacial score (nSPS) is 9.31. The average molecular weight is 209 g/mol. The molecule has 2 nitrogen and oxygen atoms in total. The highest BCUT2D eigenvalue weighted by Crippen LogP contribution is 2.17. The molecule has 0 saturated carbocycles. The van der Waals surface area contributed by atoms with E-state index < -0.39 is 0 Å². The number of hydrogen-bond acceptors (Lipinski definition) is 2. The summed E-state index contributed by atoms with van der Waals surface area (Å²) in [7, 11) is 0. The summed E-state index contributed by atoms with van der Waals surface area (Å²) in [5.74, 6) is 5.33. The van der Waals surface area contributed by atoms with E-state index >= 15 is 0 Å². The molecule has 78 valence electrons. The molecule has 0 radical (unpaired) electrons. The Morgan fingerprint density at radius 2 is 1.81 bits per heavy atom. The fraction of sp³-hybridized carbons (Fsp3) is 0.0714. The Morgan fingerprint density at radius 3 is 2.44 bits per heavy atom. The van der Waals surface area contributed by atoms with Crippen LogP contribution < -0.4 is 0 Å². The number of pyridine rings is 1. The topological polar surface area (TPSA) is 33.1 Å². The smallest absolute Gasteiger partial charge is 0.113 e. The molecule has 0 saturated heterocycles. The third-order valence-electron chi connectivity index (χ3n) is 2.17. The van der Waals surface area contributed by atoms with E-state index in [0.29, 0.717) is 5.69 Å². The third-order valence-corrected chi connectivity index (χ3v) is 2.17. The van der Waals surface area contributed by atoms with Gasteiger partial charge in [0.1, 0.15) is 12.3 Å². The summed E-state index contributed by atoms with van der Waals surface area (Å²) in [6.07, 6.45) is 1.79. The van der Waals surface area contributed by atoms with Gasteiger partial charge in [-0.15, -0.1) is 0 Å². The van der Waals surface area contributed by atoms with E-state index in [-0.39, 0.29) is 6.61 Å². The second-order valence-corrected chi connectivity index (χ2v) is 3.26. The monoisotopic (exact) mass is 209 g/mol. The molecule has 1 N–H and O–H groups in total. The molecule has 1 aromatic heterocycles. The van der Waals surface area contributed by atoms with Gasteiger partial charge in [-0.2, -0.15) is 0 Å². The lowest BCUT2D eigenvalue weighted by Gasteiger charge is -1.99. The van der Waals surface area contributed by atoms with E-state index in [0.717, 1.165) is 11.1 Å². The number of hydrogen-bond donors (Lipinski definition) is 1. The first kappa shape index (κ1) is 10.4. The Hall–Kier alpha value is -2.11. The minimum absolute atomic E-state index is 0.137. The molecule has 0 aliphatic heterocycles. The lowest BCUT2D eigenvalue weighted by atomic mass is 10.1. The molecule has 0 bridgehead atoms. The largest absolute Gasteiger partial charge is 0.384 e. The Bertz CT molecular complexity index is 506. The highest BCUT2D eigenvalue weighted by atomic mass is 16.2. The maximum absolute atomic E-state index is 8.56.